The van der Waals surface area contributed by atoms with Gasteiger partial charge in [-0.15, -0.1) is 0 Å². The second-order valence-electron chi connectivity index (χ2n) is 14.5. The van der Waals surface area contributed by atoms with Gasteiger partial charge in [0, 0.05) is 0 Å². The van der Waals surface area contributed by atoms with Crippen LogP contribution in [-0.2, 0) is 20.0 Å². The van der Waals surface area contributed by atoms with Crippen molar-refractivity contribution in [3.8, 4) is 33.8 Å². The van der Waals surface area contributed by atoms with E-state index >= 15 is 0 Å². The summed E-state index contributed by atoms with van der Waals surface area (Å²) >= 11 is -3.08. The predicted molar refractivity (Wildman–Crippen MR) is 182 cm³/mol. The van der Waals surface area contributed by atoms with Crippen molar-refractivity contribution < 1.29 is 29.4 Å². The average molecular weight is 747 g/mol. The number of hydrogen-bond acceptors (Lipinski definition) is 2. The molecule has 0 bridgehead atoms. The van der Waals surface area contributed by atoms with E-state index in [1.165, 1.54) is 33.4 Å². The van der Waals surface area contributed by atoms with Crippen LogP contribution in [-0.4, -0.2) is 12.2 Å². The molecular weight excluding hydrogens is 703 g/mol. The van der Waals surface area contributed by atoms with Gasteiger partial charge in [0.1, 0.15) is 0 Å². The zero-order chi connectivity index (χ0) is 31.0. The Morgan fingerprint density at radius 2 is 0.955 bits per heavy atom. The molecule has 44 heavy (non-hydrogen) atoms. The van der Waals surface area contributed by atoms with Crippen LogP contribution in [0.25, 0.3) is 34.4 Å². The van der Waals surface area contributed by atoms with Gasteiger partial charge in [0.15, 0.2) is 0 Å². The molecule has 0 amide bonds. The minimum atomic E-state index is -3.08. The number of rotatable bonds is 6. The third kappa shape index (κ3) is 4.69. The van der Waals surface area contributed by atoms with Crippen LogP contribution < -0.4 is 9.47 Å². The van der Waals surface area contributed by atoms with Crippen molar-refractivity contribution in [2.75, 3.05) is 0 Å². The van der Waals surface area contributed by atoms with Crippen LogP contribution in [0.2, 0.25) is 9.36 Å². The van der Waals surface area contributed by atoms with Gasteiger partial charge in [0.25, 0.3) is 0 Å². The summed E-state index contributed by atoms with van der Waals surface area (Å²) in [6.45, 7) is 13.3. The van der Waals surface area contributed by atoms with Gasteiger partial charge in [0.05, 0.1) is 0 Å². The Kier molecular flexibility index (Phi) is 7.20. The molecule has 4 aromatic rings. The van der Waals surface area contributed by atoms with Gasteiger partial charge in [-0.05, 0) is 0 Å². The molecule has 0 spiro atoms. The summed E-state index contributed by atoms with van der Waals surface area (Å²) in [6, 6.07) is 31.4. The molecule has 0 aromatic heterocycles. The van der Waals surface area contributed by atoms with Crippen molar-refractivity contribution >= 4 is 12.2 Å². The van der Waals surface area contributed by atoms with E-state index in [1.807, 2.05) is 0 Å². The summed E-state index contributed by atoms with van der Waals surface area (Å²) in [6.07, 6.45) is 5.52. The SMILES string of the molecule is CC(C)Oc1ccc(-c2cccc3c2C=C2[CH]3[Hf]([CH3])([CH3])[CH]3C(=Cc4c(-c5ccc(OC(C)C)cc5)cccc43)C2(C)C)cc1. The molecule has 1 heterocycles. The maximum absolute atomic E-state index is 5.94. The summed E-state index contributed by atoms with van der Waals surface area (Å²) < 4.78 is 18.5. The monoisotopic (exact) mass is 748 g/mol. The van der Waals surface area contributed by atoms with E-state index < -0.39 is 20.0 Å². The van der Waals surface area contributed by atoms with Crippen molar-refractivity contribution in [2.24, 2.45) is 5.41 Å². The molecule has 1 aliphatic heterocycles. The average Bonchev–Trinajstić information content (AvgIpc) is 3.59. The molecule has 2 unspecified atom stereocenters. The fourth-order valence-corrected chi connectivity index (χ4v) is 26.0. The maximum atomic E-state index is 5.94. The zero-order valence-electron chi connectivity index (χ0n) is 27.4. The van der Waals surface area contributed by atoms with Crippen LogP contribution in [0.4, 0.5) is 0 Å². The molecule has 2 nitrogen and oxygen atoms in total. The first-order valence-corrected chi connectivity index (χ1v) is 27.5. The summed E-state index contributed by atoms with van der Waals surface area (Å²) in [7, 11) is 0. The van der Waals surface area contributed by atoms with Crippen LogP contribution in [0.3, 0.4) is 0 Å². The van der Waals surface area contributed by atoms with Crippen LogP contribution in [0.15, 0.2) is 96.1 Å². The van der Waals surface area contributed by atoms with Crippen molar-refractivity contribution in [1.29, 1.82) is 0 Å². The number of allylic oxidation sites excluding steroid dienone is 2. The molecule has 1 fully saturated rings. The number of hydrogen-bond donors (Lipinski definition) is 0. The molecule has 7 rings (SSSR count). The van der Waals surface area contributed by atoms with Crippen molar-refractivity contribution in [2.45, 2.75) is 70.5 Å². The van der Waals surface area contributed by atoms with Gasteiger partial charge in [-0.2, -0.15) is 0 Å². The van der Waals surface area contributed by atoms with Crippen LogP contribution in [0.5, 0.6) is 11.5 Å². The van der Waals surface area contributed by atoms with E-state index in [0.29, 0.717) is 7.35 Å². The van der Waals surface area contributed by atoms with Gasteiger partial charge in [-0.1, -0.05) is 0 Å². The Morgan fingerprint density at radius 1 is 0.568 bits per heavy atom. The molecule has 2 atom stereocenters. The Morgan fingerprint density at radius 3 is 1.32 bits per heavy atom. The quantitative estimate of drug-likeness (QED) is 0.183. The Balaban J connectivity index is 1.31. The first-order chi connectivity index (χ1) is 21.0. The molecule has 3 aliphatic rings. The van der Waals surface area contributed by atoms with Gasteiger partial charge in [-0.25, -0.2) is 0 Å². The molecule has 0 radical (unpaired) electrons. The van der Waals surface area contributed by atoms with E-state index in [1.54, 1.807) is 22.3 Å². The molecule has 0 N–H and O–H groups in total. The van der Waals surface area contributed by atoms with Crippen LogP contribution in [0.1, 0.15) is 71.1 Å². The summed E-state index contributed by atoms with van der Waals surface area (Å²) in [5, 5.41) is 0. The van der Waals surface area contributed by atoms with E-state index in [9.17, 15) is 0 Å². The standard InChI is InChI=1S/C39H38O2.2CH3.Hf/c1-25(2)40-33-17-13-27(14-18-33)35-11-7-9-29-21-31(23-37(29)35)39(5,6)32-22-30-10-8-12-36(38(30)24-32)28-15-19-34(20-16-28)41-26(3)4;;;/h7-26H,1-6H3;2*1H3;. The fourth-order valence-electron chi connectivity index (χ4n) is 8.30. The van der Waals surface area contributed by atoms with E-state index in [2.05, 4.69) is 148 Å². The second kappa shape index (κ2) is 10.7. The third-order valence-corrected chi connectivity index (χ3v) is 25.3. The molecule has 224 valence electrons. The first-order valence-electron chi connectivity index (χ1n) is 16.2. The summed E-state index contributed by atoms with van der Waals surface area (Å²) in [5.74, 6) is 1.86. The normalized spacial score (nSPS) is 20.4. The van der Waals surface area contributed by atoms with Gasteiger partial charge in [0.2, 0.25) is 0 Å². The van der Waals surface area contributed by atoms with E-state index in [-0.39, 0.29) is 17.6 Å². The fraction of sp³-hybridized carbons (Fsp3) is 0.317. The van der Waals surface area contributed by atoms with E-state index in [0.717, 1.165) is 11.5 Å². The Hall–Kier alpha value is -3.17. The molecule has 3 heteroatoms. The Labute approximate surface area is 268 Å². The van der Waals surface area contributed by atoms with Crippen molar-refractivity contribution in [1.82, 2.24) is 0 Å². The summed E-state index contributed by atoms with van der Waals surface area (Å²) in [4.78, 5) is 0. The second-order valence-corrected chi connectivity index (χ2v) is 31.7. The molecule has 1 saturated heterocycles. The van der Waals surface area contributed by atoms with Crippen LogP contribution in [0, 0.1) is 5.41 Å². The van der Waals surface area contributed by atoms with Crippen molar-refractivity contribution in [3.63, 3.8) is 0 Å². The predicted octanol–water partition coefficient (Wildman–Crippen LogP) is 11.5. The van der Waals surface area contributed by atoms with Crippen molar-refractivity contribution in [3.05, 3.63) is 118 Å². The number of benzene rings is 4. The Bertz CT molecular complexity index is 1670. The first kappa shape index (κ1) is 29.5. The number of ether oxygens (including phenoxy) is 2. The molecule has 0 saturated carbocycles. The molecule has 4 aromatic carbocycles. The van der Waals surface area contributed by atoms with Gasteiger partial charge in [-0.3, -0.25) is 0 Å². The van der Waals surface area contributed by atoms with Gasteiger partial charge < -0.3 is 0 Å². The van der Waals surface area contributed by atoms with Gasteiger partial charge >= 0.3 is 270 Å². The minimum absolute atomic E-state index is 0.0125. The van der Waals surface area contributed by atoms with E-state index in [4.69, 9.17) is 9.47 Å². The molecule has 2 aliphatic carbocycles. The molecular formula is C41H44HfO2. The zero-order valence-corrected chi connectivity index (χ0v) is 31.0. The topological polar surface area (TPSA) is 18.5 Å². The van der Waals surface area contributed by atoms with Crippen LogP contribution >= 0.6 is 0 Å². The third-order valence-electron chi connectivity index (χ3n) is 10.1. The summed E-state index contributed by atoms with van der Waals surface area (Å²) in [5.41, 5.74) is 14.5. The number of fused-ring (bicyclic) bond motifs is 6.